The van der Waals surface area contributed by atoms with Crippen LogP contribution in [-0.4, -0.2) is 44.2 Å². The molecular weight excluding hydrogens is 244 g/mol. The number of amides is 1. The monoisotopic (exact) mass is 266 g/mol. The highest BCUT2D eigenvalue weighted by Crippen LogP contribution is 2.18. The van der Waals surface area contributed by atoms with E-state index in [-0.39, 0.29) is 5.91 Å². The molecule has 0 aliphatic heterocycles. The van der Waals surface area contributed by atoms with E-state index >= 15 is 0 Å². The second-order valence-electron chi connectivity index (χ2n) is 4.59. The third-order valence-corrected chi connectivity index (χ3v) is 3.48. The SMILES string of the molecule is CSc1ccc(C)c(C(=O)NCCCN(C)C)c1. The van der Waals surface area contributed by atoms with Crippen LogP contribution in [0.25, 0.3) is 0 Å². The maximum atomic E-state index is 12.0. The molecule has 1 aromatic rings. The molecule has 1 rings (SSSR count). The standard InChI is InChI=1S/C14H22N2OS/c1-11-6-7-12(18-4)10-13(11)14(17)15-8-5-9-16(2)3/h6-7,10H,5,8-9H2,1-4H3,(H,15,17). The molecule has 0 heterocycles. The number of rotatable bonds is 6. The molecule has 1 N–H and O–H groups in total. The molecule has 0 aliphatic carbocycles. The van der Waals surface area contributed by atoms with Gasteiger partial charge in [0.15, 0.2) is 0 Å². The van der Waals surface area contributed by atoms with Crippen molar-refractivity contribution in [1.29, 1.82) is 0 Å². The van der Waals surface area contributed by atoms with Gasteiger partial charge < -0.3 is 10.2 Å². The molecule has 0 aromatic heterocycles. The number of nitrogens with one attached hydrogen (secondary N) is 1. The Balaban J connectivity index is 2.55. The van der Waals surface area contributed by atoms with Gasteiger partial charge in [-0.2, -0.15) is 0 Å². The number of aryl methyl sites for hydroxylation is 1. The lowest BCUT2D eigenvalue weighted by Crippen LogP contribution is -2.27. The van der Waals surface area contributed by atoms with Gasteiger partial charge in [0.25, 0.3) is 5.91 Å². The molecule has 3 nitrogen and oxygen atoms in total. The van der Waals surface area contributed by atoms with Crippen LogP contribution in [-0.2, 0) is 0 Å². The molecule has 0 spiro atoms. The summed E-state index contributed by atoms with van der Waals surface area (Å²) in [6.45, 7) is 3.68. The Morgan fingerprint density at radius 3 is 2.72 bits per heavy atom. The van der Waals surface area contributed by atoms with Crippen LogP contribution in [0.1, 0.15) is 22.3 Å². The van der Waals surface area contributed by atoms with Crippen molar-refractivity contribution in [3.8, 4) is 0 Å². The molecule has 100 valence electrons. The van der Waals surface area contributed by atoms with Gasteiger partial charge in [0.05, 0.1) is 0 Å². The second-order valence-corrected chi connectivity index (χ2v) is 5.47. The Labute approximate surface area is 114 Å². The highest BCUT2D eigenvalue weighted by Gasteiger charge is 2.09. The molecule has 0 bridgehead atoms. The number of hydrogen-bond acceptors (Lipinski definition) is 3. The fourth-order valence-corrected chi connectivity index (χ4v) is 2.10. The maximum absolute atomic E-state index is 12.0. The zero-order valence-corrected chi connectivity index (χ0v) is 12.4. The summed E-state index contributed by atoms with van der Waals surface area (Å²) in [4.78, 5) is 15.3. The van der Waals surface area contributed by atoms with Gasteiger partial charge in [-0.3, -0.25) is 4.79 Å². The molecular formula is C14H22N2OS. The van der Waals surface area contributed by atoms with E-state index < -0.39 is 0 Å². The normalized spacial score (nSPS) is 10.7. The Bertz CT molecular complexity index is 405. The molecule has 1 aromatic carbocycles. The van der Waals surface area contributed by atoms with Gasteiger partial charge in [-0.25, -0.2) is 0 Å². The molecule has 0 aliphatic rings. The lowest BCUT2D eigenvalue weighted by molar-refractivity contribution is 0.0951. The van der Waals surface area contributed by atoms with Crippen molar-refractivity contribution in [3.05, 3.63) is 29.3 Å². The van der Waals surface area contributed by atoms with Crippen LogP contribution >= 0.6 is 11.8 Å². The first kappa shape index (κ1) is 15.1. The lowest BCUT2D eigenvalue weighted by atomic mass is 10.1. The first-order valence-corrected chi connectivity index (χ1v) is 7.34. The number of hydrogen-bond donors (Lipinski definition) is 1. The third-order valence-electron chi connectivity index (χ3n) is 2.76. The van der Waals surface area contributed by atoms with Crippen LogP contribution < -0.4 is 5.32 Å². The van der Waals surface area contributed by atoms with E-state index in [0.29, 0.717) is 0 Å². The molecule has 0 atom stereocenters. The Morgan fingerprint density at radius 1 is 1.39 bits per heavy atom. The molecule has 0 fully saturated rings. The van der Waals surface area contributed by atoms with E-state index in [9.17, 15) is 4.79 Å². The van der Waals surface area contributed by atoms with Gasteiger partial charge in [-0.15, -0.1) is 11.8 Å². The summed E-state index contributed by atoms with van der Waals surface area (Å²) < 4.78 is 0. The van der Waals surface area contributed by atoms with E-state index in [0.717, 1.165) is 35.5 Å². The first-order valence-electron chi connectivity index (χ1n) is 6.12. The fraction of sp³-hybridized carbons (Fsp3) is 0.500. The molecule has 0 saturated heterocycles. The maximum Gasteiger partial charge on any atom is 0.251 e. The predicted molar refractivity (Wildman–Crippen MR) is 78.5 cm³/mol. The van der Waals surface area contributed by atoms with Crippen molar-refractivity contribution in [2.24, 2.45) is 0 Å². The largest absolute Gasteiger partial charge is 0.352 e. The van der Waals surface area contributed by atoms with Crippen molar-refractivity contribution in [3.63, 3.8) is 0 Å². The summed E-state index contributed by atoms with van der Waals surface area (Å²) in [5, 5.41) is 2.97. The van der Waals surface area contributed by atoms with Crippen LogP contribution in [0.3, 0.4) is 0 Å². The van der Waals surface area contributed by atoms with E-state index in [1.165, 1.54) is 0 Å². The predicted octanol–water partition coefficient (Wildman–Crippen LogP) is 2.40. The number of thioether (sulfide) groups is 1. The van der Waals surface area contributed by atoms with Crippen molar-refractivity contribution < 1.29 is 4.79 Å². The van der Waals surface area contributed by atoms with Gasteiger partial charge in [0, 0.05) is 17.0 Å². The summed E-state index contributed by atoms with van der Waals surface area (Å²) >= 11 is 1.65. The zero-order valence-electron chi connectivity index (χ0n) is 11.6. The average molecular weight is 266 g/mol. The highest BCUT2D eigenvalue weighted by molar-refractivity contribution is 7.98. The Kier molecular flexibility index (Phi) is 6.22. The molecule has 0 radical (unpaired) electrons. The van der Waals surface area contributed by atoms with Gasteiger partial charge in [-0.1, -0.05) is 6.07 Å². The Morgan fingerprint density at radius 2 is 2.11 bits per heavy atom. The minimum absolute atomic E-state index is 0.0298. The first-order chi connectivity index (χ1) is 8.54. The van der Waals surface area contributed by atoms with Gasteiger partial charge in [0.2, 0.25) is 0 Å². The number of carbonyl (C=O) groups is 1. The second kappa shape index (κ2) is 7.44. The molecule has 18 heavy (non-hydrogen) atoms. The molecule has 0 unspecified atom stereocenters. The van der Waals surface area contributed by atoms with Crippen molar-refractivity contribution in [2.75, 3.05) is 33.4 Å². The van der Waals surface area contributed by atoms with Crippen LogP contribution in [0, 0.1) is 6.92 Å². The smallest absolute Gasteiger partial charge is 0.251 e. The summed E-state index contributed by atoms with van der Waals surface area (Å²) in [5.74, 6) is 0.0298. The zero-order chi connectivity index (χ0) is 13.5. The quantitative estimate of drug-likeness (QED) is 0.634. The van der Waals surface area contributed by atoms with E-state index in [1.807, 2.05) is 45.5 Å². The summed E-state index contributed by atoms with van der Waals surface area (Å²) in [5.41, 5.74) is 1.81. The van der Waals surface area contributed by atoms with E-state index in [2.05, 4.69) is 10.2 Å². The topological polar surface area (TPSA) is 32.3 Å². The minimum Gasteiger partial charge on any atom is -0.352 e. The summed E-state index contributed by atoms with van der Waals surface area (Å²) in [6.07, 6.45) is 2.99. The summed E-state index contributed by atoms with van der Waals surface area (Å²) in [6, 6.07) is 6.00. The summed E-state index contributed by atoms with van der Waals surface area (Å²) in [7, 11) is 4.07. The molecule has 1 amide bonds. The average Bonchev–Trinajstić information content (AvgIpc) is 2.34. The Hall–Kier alpha value is -1.00. The van der Waals surface area contributed by atoms with Crippen molar-refractivity contribution in [2.45, 2.75) is 18.2 Å². The van der Waals surface area contributed by atoms with Crippen LogP contribution in [0.4, 0.5) is 0 Å². The number of carbonyl (C=O) groups excluding carboxylic acids is 1. The van der Waals surface area contributed by atoms with Crippen LogP contribution in [0.15, 0.2) is 23.1 Å². The van der Waals surface area contributed by atoms with Gasteiger partial charge in [-0.05, 0) is 57.9 Å². The molecule has 0 saturated carbocycles. The van der Waals surface area contributed by atoms with Crippen molar-refractivity contribution in [1.82, 2.24) is 10.2 Å². The highest BCUT2D eigenvalue weighted by atomic mass is 32.2. The van der Waals surface area contributed by atoms with E-state index in [4.69, 9.17) is 0 Å². The third kappa shape index (κ3) is 4.70. The number of nitrogens with zero attached hydrogens (tertiary/aromatic N) is 1. The fourth-order valence-electron chi connectivity index (χ4n) is 1.67. The van der Waals surface area contributed by atoms with Crippen LogP contribution in [0.5, 0.6) is 0 Å². The van der Waals surface area contributed by atoms with Crippen LogP contribution in [0.2, 0.25) is 0 Å². The number of benzene rings is 1. The van der Waals surface area contributed by atoms with Gasteiger partial charge in [0.1, 0.15) is 0 Å². The van der Waals surface area contributed by atoms with Gasteiger partial charge >= 0.3 is 0 Å². The van der Waals surface area contributed by atoms with E-state index in [1.54, 1.807) is 11.8 Å². The van der Waals surface area contributed by atoms with Crippen molar-refractivity contribution >= 4 is 17.7 Å². The lowest BCUT2D eigenvalue weighted by Gasteiger charge is -2.11. The minimum atomic E-state index is 0.0298. The molecule has 4 heteroatoms.